The van der Waals surface area contributed by atoms with E-state index >= 15 is 0 Å². The SMILES string of the molecule is Cc1c(Cl)cccc1-c1ccc(N2CC(CO)CC2=O)cc1. The van der Waals surface area contributed by atoms with Gasteiger partial charge in [-0.2, -0.15) is 0 Å². The Labute approximate surface area is 135 Å². The fourth-order valence-electron chi connectivity index (χ4n) is 2.89. The Morgan fingerprint density at radius 2 is 1.95 bits per heavy atom. The molecule has 3 nitrogen and oxygen atoms in total. The van der Waals surface area contributed by atoms with Crippen LogP contribution in [0.5, 0.6) is 0 Å². The van der Waals surface area contributed by atoms with Gasteiger partial charge in [0.25, 0.3) is 0 Å². The van der Waals surface area contributed by atoms with Crippen molar-refractivity contribution >= 4 is 23.2 Å². The number of anilines is 1. The van der Waals surface area contributed by atoms with Crippen molar-refractivity contribution in [3.05, 3.63) is 53.1 Å². The summed E-state index contributed by atoms with van der Waals surface area (Å²) in [6, 6.07) is 13.8. The van der Waals surface area contributed by atoms with Crippen LogP contribution in [0, 0.1) is 12.8 Å². The summed E-state index contributed by atoms with van der Waals surface area (Å²) in [6.45, 7) is 2.65. The Morgan fingerprint density at radius 1 is 1.23 bits per heavy atom. The second-order valence-corrected chi connectivity index (χ2v) is 6.12. The van der Waals surface area contributed by atoms with E-state index in [1.165, 1.54) is 0 Å². The summed E-state index contributed by atoms with van der Waals surface area (Å²) in [7, 11) is 0. The Hall–Kier alpha value is -1.84. The zero-order valence-corrected chi connectivity index (χ0v) is 13.2. The zero-order chi connectivity index (χ0) is 15.7. The maximum absolute atomic E-state index is 12.0. The van der Waals surface area contributed by atoms with E-state index in [0.29, 0.717) is 13.0 Å². The van der Waals surface area contributed by atoms with Gasteiger partial charge in [-0.1, -0.05) is 35.9 Å². The molecule has 0 saturated carbocycles. The van der Waals surface area contributed by atoms with Crippen molar-refractivity contribution in [1.29, 1.82) is 0 Å². The zero-order valence-electron chi connectivity index (χ0n) is 12.4. The van der Waals surface area contributed by atoms with E-state index in [4.69, 9.17) is 11.6 Å². The van der Waals surface area contributed by atoms with Crippen molar-refractivity contribution in [3.8, 4) is 11.1 Å². The van der Waals surface area contributed by atoms with Gasteiger partial charge in [0.1, 0.15) is 0 Å². The summed E-state index contributed by atoms with van der Waals surface area (Å²) in [4.78, 5) is 13.7. The van der Waals surface area contributed by atoms with Gasteiger partial charge in [-0.3, -0.25) is 4.79 Å². The Bertz CT molecular complexity index is 697. The van der Waals surface area contributed by atoms with Crippen molar-refractivity contribution in [2.75, 3.05) is 18.1 Å². The minimum Gasteiger partial charge on any atom is -0.396 e. The van der Waals surface area contributed by atoms with E-state index in [1.807, 2.05) is 49.4 Å². The van der Waals surface area contributed by atoms with E-state index in [-0.39, 0.29) is 18.4 Å². The molecule has 0 bridgehead atoms. The first-order valence-electron chi connectivity index (χ1n) is 7.37. The highest BCUT2D eigenvalue weighted by atomic mass is 35.5. The molecule has 3 rings (SSSR count). The minimum absolute atomic E-state index is 0.0438. The fourth-order valence-corrected chi connectivity index (χ4v) is 3.07. The molecule has 0 aromatic heterocycles. The van der Waals surface area contributed by atoms with Crippen LogP contribution < -0.4 is 4.90 Å². The van der Waals surface area contributed by atoms with E-state index in [9.17, 15) is 9.90 Å². The van der Waals surface area contributed by atoms with Crippen LogP contribution in [-0.2, 0) is 4.79 Å². The van der Waals surface area contributed by atoms with Gasteiger partial charge in [-0.25, -0.2) is 0 Å². The maximum atomic E-state index is 12.0. The molecule has 1 fully saturated rings. The molecule has 1 saturated heterocycles. The van der Waals surface area contributed by atoms with Gasteiger partial charge in [0.2, 0.25) is 5.91 Å². The second kappa shape index (κ2) is 6.11. The van der Waals surface area contributed by atoms with Crippen LogP contribution in [0.15, 0.2) is 42.5 Å². The molecule has 1 N–H and O–H groups in total. The van der Waals surface area contributed by atoms with E-state index in [0.717, 1.165) is 27.4 Å². The standard InChI is InChI=1S/C18H18ClNO2/c1-12-16(3-2-4-17(12)19)14-5-7-15(8-6-14)20-10-13(11-21)9-18(20)22/h2-8,13,21H,9-11H2,1H3. The monoisotopic (exact) mass is 315 g/mol. The summed E-state index contributed by atoms with van der Waals surface area (Å²) < 4.78 is 0. The lowest BCUT2D eigenvalue weighted by Gasteiger charge is -2.17. The Morgan fingerprint density at radius 3 is 2.59 bits per heavy atom. The quantitative estimate of drug-likeness (QED) is 0.939. The third kappa shape index (κ3) is 2.74. The van der Waals surface area contributed by atoms with Crippen molar-refractivity contribution in [1.82, 2.24) is 0 Å². The molecule has 22 heavy (non-hydrogen) atoms. The van der Waals surface area contributed by atoms with Crippen LogP contribution >= 0.6 is 11.6 Å². The van der Waals surface area contributed by atoms with Gasteiger partial charge in [0.15, 0.2) is 0 Å². The summed E-state index contributed by atoms with van der Waals surface area (Å²) in [5, 5.41) is 9.96. The summed E-state index contributed by atoms with van der Waals surface area (Å²) in [5.74, 6) is 0.119. The third-order valence-corrected chi connectivity index (χ3v) is 4.63. The summed E-state index contributed by atoms with van der Waals surface area (Å²) in [5.41, 5.74) is 4.10. The largest absolute Gasteiger partial charge is 0.396 e. The van der Waals surface area contributed by atoms with Crippen molar-refractivity contribution in [2.24, 2.45) is 5.92 Å². The molecule has 1 aliphatic heterocycles. The average molecular weight is 316 g/mol. The van der Waals surface area contributed by atoms with Crippen LogP contribution in [0.25, 0.3) is 11.1 Å². The molecular weight excluding hydrogens is 298 g/mol. The molecular formula is C18H18ClNO2. The third-order valence-electron chi connectivity index (χ3n) is 4.22. The van der Waals surface area contributed by atoms with Crippen molar-refractivity contribution in [3.63, 3.8) is 0 Å². The van der Waals surface area contributed by atoms with Gasteiger partial charge in [0.05, 0.1) is 0 Å². The molecule has 114 valence electrons. The molecule has 0 aliphatic carbocycles. The Balaban J connectivity index is 1.87. The lowest BCUT2D eigenvalue weighted by Crippen LogP contribution is -2.24. The number of amides is 1. The maximum Gasteiger partial charge on any atom is 0.227 e. The van der Waals surface area contributed by atoms with Crippen molar-refractivity contribution in [2.45, 2.75) is 13.3 Å². The van der Waals surface area contributed by atoms with Gasteiger partial charge >= 0.3 is 0 Å². The van der Waals surface area contributed by atoms with Crippen LogP contribution in [0.4, 0.5) is 5.69 Å². The second-order valence-electron chi connectivity index (χ2n) is 5.72. The highest BCUT2D eigenvalue weighted by molar-refractivity contribution is 6.31. The van der Waals surface area contributed by atoms with E-state index in [1.54, 1.807) is 4.90 Å². The topological polar surface area (TPSA) is 40.5 Å². The van der Waals surface area contributed by atoms with Gasteiger partial charge in [-0.15, -0.1) is 0 Å². The van der Waals surface area contributed by atoms with Crippen molar-refractivity contribution < 1.29 is 9.90 Å². The number of aliphatic hydroxyl groups excluding tert-OH is 1. The normalized spacial score (nSPS) is 18.0. The molecule has 2 aromatic rings. The van der Waals surface area contributed by atoms with Gasteiger partial charge < -0.3 is 10.0 Å². The Kier molecular flexibility index (Phi) is 4.19. The minimum atomic E-state index is 0.0438. The van der Waals surface area contributed by atoms with Crippen LogP contribution in [0.1, 0.15) is 12.0 Å². The number of carbonyl (C=O) groups is 1. The molecule has 0 radical (unpaired) electrons. The average Bonchev–Trinajstić information content (AvgIpc) is 2.91. The number of halogens is 1. The first kappa shape index (κ1) is 15.1. The first-order chi connectivity index (χ1) is 10.6. The first-order valence-corrected chi connectivity index (χ1v) is 7.74. The van der Waals surface area contributed by atoms with E-state index < -0.39 is 0 Å². The van der Waals surface area contributed by atoms with Gasteiger partial charge in [0, 0.05) is 36.2 Å². The molecule has 2 aromatic carbocycles. The summed E-state index contributed by atoms with van der Waals surface area (Å²) in [6.07, 6.45) is 0.422. The number of hydrogen-bond donors (Lipinski definition) is 1. The number of nitrogens with zero attached hydrogens (tertiary/aromatic N) is 1. The molecule has 0 spiro atoms. The molecule has 1 aliphatic rings. The molecule has 1 amide bonds. The number of rotatable bonds is 3. The molecule has 4 heteroatoms. The van der Waals surface area contributed by atoms with E-state index in [2.05, 4.69) is 0 Å². The van der Waals surface area contributed by atoms with Crippen LogP contribution in [0.3, 0.4) is 0 Å². The predicted molar refractivity (Wildman–Crippen MR) is 89.2 cm³/mol. The summed E-state index contributed by atoms with van der Waals surface area (Å²) >= 11 is 6.17. The lowest BCUT2D eigenvalue weighted by atomic mass is 10.0. The van der Waals surface area contributed by atoms with Crippen LogP contribution in [-0.4, -0.2) is 24.2 Å². The number of carbonyl (C=O) groups excluding carboxylic acids is 1. The van der Waals surface area contributed by atoms with Gasteiger partial charge in [-0.05, 0) is 41.8 Å². The number of hydrogen-bond acceptors (Lipinski definition) is 2. The smallest absolute Gasteiger partial charge is 0.227 e. The van der Waals surface area contributed by atoms with Crippen LogP contribution in [0.2, 0.25) is 5.02 Å². The fraction of sp³-hybridized carbons (Fsp3) is 0.278. The molecule has 1 unspecified atom stereocenters. The number of aliphatic hydroxyl groups is 1. The highest BCUT2D eigenvalue weighted by Gasteiger charge is 2.29. The highest BCUT2D eigenvalue weighted by Crippen LogP contribution is 2.31. The molecule has 1 atom stereocenters. The lowest BCUT2D eigenvalue weighted by molar-refractivity contribution is -0.117. The predicted octanol–water partition coefficient (Wildman–Crippen LogP) is 3.66. The molecule has 1 heterocycles. The number of benzene rings is 2.